The molecule has 0 spiro atoms. The first kappa shape index (κ1) is 38.5. The average Bonchev–Trinajstić information content (AvgIpc) is 4.08. The third kappa shape index (κ3) is 7.11. The van der Waals surface area contributed by atoms with Crippen LogP contribution >= 0.6 is 0 Å². The van der Waals surface area contributed by atoms with Crippen molar-refractivity contribution < 1.29 is 42.5 Å². The maximum atomic E-state index is 13.1. The summed E-state index contributed by atoms with van der Waals surface area (Å²) in [6, 6.07) is 29.8. The molecule has 0 saturated heterocycles. The molecule has 0 unspecified atom stereocenters. The van der Waals surface area contributed by atoms with Crippen LogP contribution < -0.4 is 11.1 Å². The lowest BCUT2D eigenvalue weighted by Crippen LogP contribution is -2.73. The number of carboxylic acids is 1. The second-order valence-corrected chi connectivity index (χ2v) is 17.3. The van der Waals surface area contributed by atoms with Gasteiger partial charge in [-0.15, -0.1) is 0 Å². The van der Waals surface area contributed by atoms with Crippen LogP contribution in [0.4, 0.5) is 8.78 Å². The number of benzene rings is 4. The van der Waals surface area contributed by atoms with Crippen LogP contribution in [0.5, 0.6) is 0 Å². The van der Waals surface area contributed by atoms with E-state index < -0.39 is 11.8 Å². The van der Waals surface area contributed by atoms with Crippen molar-refractivity contribution in [1.29, 1.82) is 0 Å². The number of carboxylic acid groups (broad SMARTS) is 1. The van der Waals surface area contributed by atoms with Gasteiger partial charge >= 0.3 is 17.9 Å². The minimum absolute atomic E-state index is 0.0116. The van der Waals surface area contributed by atoms with Crippen molar-refractivity contribution in [3.8, 4) is 0 Å². The highest BCUT2D eigenvalue weighted by molar-refractivity contribution is 5.95. The summed E-state index contributed by atoms with van der Waals surface area (Å²) < 4.78 is 36.3. The standard InChI is InChI=1S/C23H22FNO3.C16H19NO2.C7H5FO2/c24-18-8-6-17(7-9-18)19(26)25-23(10-11-23)22-13-21(14-22,15-22)20(27)28-12-16-4-2-1-3-5-16;17-16(6-7-16)15-9-14(10-15,11-15)13(18)19-8-12-4-2-1-3-5-12;8-6-3-1-5(2-4-6)7(9)10/h1-9H,10-15H2,(H,25,26);1-5H,6-11,17H2;1-4H,(H,9,10). The van der Waals surface area contributed by atoms with Crippen molar-refractivity contribution in [3.63, 3.8) is 0 Å². The van der Waals surface area contributed by atoms with E-state index in [1.54, 1.807) is 0 Å². The van der Waals surface area contributed by atoms with Crippen molar-refractivity contribution in [2.24, 2.45) is 27.4 Å². The van der Waals surface area contributed by atoms with Crippen molar-refractivity contribution in [3.05, 3.63) is 143 Å². The van der Waals surface area contributed by atoms with Crippen molar-refractivity contribution in [2.75, 3.05) is 0 Å². The Morgan fingerprint density at radius 3 is 1.37 bits per heavy atom. The zero-order chi connectivity index (χ0) is 40.1. The number of amides is 1. The van der Waals surface area contributed by atoms with Gasteiger partial charge in [0.1, 0.15) is 24.8 Å². The van der Waals surface area contributed by atoms with Gasteiger partial charge in [0.2, 0.25) is 0 Å². The summed E-state index contributed by atoms with van der Waals surface area (Å²) in [6.07, 6.45) is 9.42. The van der Waals surface area contributed by atoms with E-state index >= 15 is 0 Å². The average molecular weight is 777 g/mol. The third-order valence-electron chi connectivity index (χ3n) is 13.5. The van der Waals surface area contributed by atoms with E-state index in [0.717, 1.165) is 87.5 Å². The normalized spacial score (nSPS) is 27.9. The number of carbonyl (C=O) groups is 4. The van der Waals surface area contributed by atoms with Crippen molar-refractivity contribution in [2.45, 2.75) is 88.5 Å². The molecule has 0 aliphatic heterocycles. The lowest BCUT2D eigenvalue weighted by Gasteiger charge is -2.72. The molecule has 1 amide bonds. The van der Waals surface area contributed by atoms with E-state index in [9.17, 15) is 28.0 Å². The van der Waals surface area contributed by atoms with E-state index in [4.69, 9.17) is 20.3 Å². The van der Waals surface area contributed by atoms with E-state index in [1.807, 2.05) is 60.7 Å². The SMILES string of the molecule is NC1(C23CC(C(=O)OCc4ccccc4)(C2)C3)CC1.O=C(NC1(C23CC(C(=O)OCc4ccccc4)(C2)C3)CC1)c1ccc(F)cc1.O=C(O)c1ccc(F)cc1. The Bertz CT molecular complexity index is 2130. The van der Waals surface area contributed by atoms with Crippen LogP contribution in [-0.2, 0) is 32.3 Å². The van der Waals surface area contributed by atoms with Gasteiger partial charge in [-0.3, -0.25) is 14.4 Å². The maximum absolute atomic E-state index is 13.1. The topological polar surface area (TPSA) is 145 Å². The first-order valence-corrected chi connectivity index (χ1v) is 19.5. The van der Waals surface area contributed by atoms with Gasteiger partial charge in [0.15, 0.2) is 0 Å². The summed E-state index contributed by atoms with van der Waals surface area (Å²) in [5.41, 5.74) is 8.54. The number of hydrogen-bond donors (Lipinski definition) is 3. The molecule has 4 aromatic rings. The summed E-state index contributed by atoms with van der Waals surface area (Å²) in [5, 5.41) is 11.5. The molecular formula is C46H46F2N2O7. The molecule has 8 aliphatic carbocycles. The second-order valence-electron chi connectivity index (χ2n) is 17.3. The van der Waals surface area contributed by atoms with E-state index in [-0.39, 0.29) is 56.5 Å². The van der Waals surface area contributed by atoms with Crippen LogP contribution in [0.2, 0.25) is 0 Å². The van der Waals surface area contributed by atoms with Gasteiger partial charge in [0.25, 0.3) is 5.91 Å². The molecule has 296 valence electrons. The number of nitrogens with two attached hydrogens (primary N) is 1. The van der Waals surface area contributed by atoms with Crippen LogP contribution in [0.3, 0.4) is 0 Å². The fourth-order valence-corrected chi connectivity index (χ4v) is 9.86. The fraction of sp³-hybridized carbons (Fsp3) is 0.391. The molecular weight excluding hydrogens is 731 g/mol. The molecule has 8 fully saturated rings. The highest BCUT2D eigenvalue weighted by atomic mass is 19.1. The molecule has 9 nitrogen and oxygen atoms in total. The first-order chi connectivity index (χ1) is 27.2. The molecule has 11 heteroatoms. The Labute approximate surface area is 329 Å². The third-order valence-corrected chi connectivity index (χ3v) is 13.5. The summed E-state index contributed by atoms with van der Waals surface area (Å²) >= 11 is 0. The van der Waals surface area contributed by atoms with E-state index in [0.29, 0.717) is 24.2 Å². The smallest absolute Gasteiger partial charge is 0.335 e. The van der Waals surface area contributed by atoms with Gasteiger partial charge in [0, 0.05) is 16.6 Å². The van der Waals surface area contributed by atoms with Crippen LogP contribution in [0.15, 0.2) is 109 Å². The molecule has 12 rings (SSSR count). The maximum Gasteiger partial charge on any atom is 0.335 e. The van der Waals surface area contributed by atoms with Crippen LogP contribution in [-0.4, -0.2) is 40.0 Å². The molecule has 4 aromatic carbocycles. The molecule has 0 heterocycles. The Hall–Kier alpha value is -5.42. The van der Waals surface area contributed by atoms with Gasteiger partial charge in [-0.25, -0.2) is 13.6 Å². The molecule has 4 bridgehead atoms. The monoisotopic (exact) mass is 776 g/mol. The lowest BCUT2D eigenvalue weighted by molar-refractivity contribution is -0.242. The highest BCUT2D eigenvalue weighted by Crippen LogP contribution is 2.82. The van der Waals surface area contributed by atoms with Gasteiger partial charge in [0.05, 0.1) is 16.4 Å². The number of ether oxygens (including phenoxy) is 2. The molecule has 0 aromatic heterocycles. The minimum atomic E-state index is -1.04. The summed E-state index contributed by atoms with van der Waals surface area (Å²) in [7, 11) is 0. The number of nitrogens with one attached hydrogen (secondary N) is 1. The van der Waals surface area contributed by atoms with Gasteiger partial charge < -0.3 is 25.6 Å². The molecule has 57 heavy (non-hydrogen) atoms. The Morgan fingerprint density at radius 2 is 0.982 bits per heavy atom. The van der Waals surface area contributed by atoms with Crippen LogP contribution in [0.1, 0.15) is 96.1 Å². The fourth-order valence-electron chi connectivity index (χ4n) is 9.86. The molecule has 4 N–H and O–H groups in total. The predicted molar refractivity (Wildman–Crippen MR) is 205 cm³/mol. The number of aromatic carboxylic acids is 1. The van der Waals surface area contributed by atoms with Crippen molar-refractivity contribution >= 4 is 23.8 Å². The number of hydrogen-bond acceptors (Lipinski definition) is 7. The van der Waals surface area contributed by atoms with Gasteiger partial charge in [-0.05, 0) is 135 Å². The molecule has 0 radical (unpaired) electrons. The van der Waals surface area contributed by atoms with Crippen LogP contribution in [0, 0.1) is 33.3 Å². The number of esters is 2. The van der Waals surface area contributed by atoms with E-state index in [1.165, 1.54) is 36.4 Å². The zero-order valence-corrected chi connectivity index (χ0v) is 31.6. The summed E-state index contributed by atoms with van der Waals surface area (Å²) in [6.45, 7) is 0.697. The lowest BCUT2D eigenvalue weighted by atomic mass is 9.32. The summed E-state index contributed by atoms with van der Waals surface area (Å²) in [4.78, 5) is 47.5. The molecule has 8 saturated carbocycles. The molecule has 0 atom stereocenters. The largest absolute Gasteiger partial charge is 0.478 e. The first-order valence-electron chi connectivity index (χ1n) is 19.5. The Morgan fingerprint density at radius 1 is 0.579 bits per heavy atom. The number of rotatable bonds is 11. The highest BCUT2D eigenvalue weighted by Gasteiger charge is 2.82. The van der Waals surface area contributed by atoms with Gasteiger partial charge in [-0.2, -0.15) is 0 Å². The molecule has 8 aliphatic rings. The Balaban J connectivity index is 0.000000135. The zero-order valence-electron chi connectivity index (χ0n) is 31.6. The second kappa shape index (κ2) is 14.2. The predicted octanol–water partition coefficient (Wildman–Crippen LogP) is 7.92. The number of halogens is 2. The van der Waals surface area contributed by atoms with E-state index in [2.05, 4.69) is 5.32 Å². The van der Waals surface area contributed by atoms with Crippen molar-refractivity contribution in [1.82, 2.24) is 5.32 Å². The van der Waals surface area contributed by atoms with Gasteiger partial charge in [-0.1, -0.05) is 60.7 Å². The Kier molecular flexibility index (Phi) is 9.58. The quantitative estimate of drug-likeness (QED) is 0.130. The number of carbonyl (C=O) groups excluding carboxylic acids is 3. The minimum Gasteiger partial charge on any atom is -0.478 e. The summed E-state index contributed by atoms with van der Waals surface area (Å²) in [5.74, 6) is -2.11. The van der Waals surface area contributed by atoms with Crippen LogP contribution in [0.25, 0.3) is 0 Å².